The summed E-state index contributed by atoms with van der Waals surface area (Å²) in [5.41, 5.74) is 0.460. The minimum absolute atomic E-state index is 0.159. The number of ether oxygens (including phenoxy) is 2. The lowest BCUT2D eigenvalue weighted by Crippen LogP contribution is -2.33. The monoisotopic (exact) mass is 275 g/mol. The van der Waals surface area contributed by atoms with Gasteiger partial charge in [-0.25, -0.2) is 0 Å². The number of hydrogen-bond donors (Lipinski definition) is 2. The zero-order valence-corrected chi connectivity index (χ0v) is 10.5. The van der Waals surface area contributed by atoms with Crippen molar-refractivity contribution in [2.24, 2.45) is 5.92 Å². The fourth-order valence-electron chi connectivity index (χ4n) is 2.28. The molecule has 0 aromatic heterocycles. The Morgan fingerprint density at radius 2 is 2.00 bits per heavy atom. The van der Waals surface area contributed by atoms with Crippen molar-refractivity contribution >= 4 is 11.9 Å². The van der Waals surface area contributed by atoms with E-state index >= 15 is 0 Å². The smallest absolute Gasteiger partial charge is 0.310 e. The molecule has 1 aliphatic carbocycles. The van der Waals surface area contributed by atoms with Gasteiger partial charge in [-0.1, -0.05) is 12.2 Å². The Kier molecular flexibility index (Phi) is 3.06. The highest BCUT2D eigenvalue weighted by molar-refractivity contribution is 5.95. The molecule has 1 aromatic rings. The van der Waals surface area contributed by atoms with Crippen molar-refractivity contribution in [2.75, 3.05) is 6.79 Å². The van der Waals surface area contributed by atoms with Crippen molar-refractivity contribution in [3.8, 4) is 11.5 Å². The summed E-state index contributed by atoms with van der Waals surface area (Å²) in [7, 11) is 0. The summed E-state index contributed by atoms with van der Waals surface area (Å²) >= 11 is 0. The molecule has 1 aliphatic heterocycles. The third kappa shape index (κ3) is 2.32. The number of carbonyl (C=O) groups excluding carboxylic acids is 1. The first-order chi connectivity index (χ1) is 9.63. The minimum Gasteiger partial charge on any atom is -0.481 e. The second kappa shape index (κ2) is 4.88. The second-order valence-electron chi connectivity index (χ2n) is 4.71. The summed E-state index contributed by atoms with van der Waals surface area (Å²) in [6.07, 6.45) is 3.70. The quantitative estimate of drug-likeness (QED) is 0.809. The molecule has 6 nitrogen and oxygen atoms in total. The fraction of sp³-hybridized carbons (Fsp3) is 0.286. The number of aliphatic carboxylic acids is 1. The average molecular weight is 275 g/mol. The number of fused-ring (bicyclic) bond motifs is 1. The lowest BCUT2D eigenvalue weighted by molar-refractivity contribution is -0.140. The minimum atomic E-state index is -0.874. The summed E-state index contributed by atoms with van der Waals surface area (Å²) < 4.78 is 10.4. The SMILES string of the molecule is O=C(NC1C=CC(C(=O)O)C1)c1ccc2c(c1)OCO2. The van der Waals surface area contributed by atoms with E-state index in [4.69, 9.17) is 14.6 Å². The van der Waals surface area contributed by atoms with Crippen LogP contribution in [0.4, 0.5) is 0 Å². The van der Waals surface area contributed by atoms with Gasteiger partial charge in [-0.3, -0.25) is 9.59 Å². The maximum Gasteiger partial charge on any atom is 0.310 e. The van der Waals surface area contributed by atoms with E-state index in [1.54, 1.807) is 30.4 Å². The normalized spacial score (nSPS) is 22.8. The molecule has 1 amide bonds. The molecule has 0 radical (unpaired) electrons. The molecule has 0 bridgehead atoms. The van der Waals surface area contributed by atoms with Crippen LogP contribution in [0, 0.1) is 5.92 Å². The highest BCUT2D eigenvalue weighted by atomic mass is 16.7. The molecule has 1 heterocycles. The zero-order valence-electron chi connectivity index (χ0n) is 10.5. The number of benzene rings is 1. The van der Waals surface area contributed by atoms with Crippen LogP contribution in [0.5, 0.6) is 11.5 Å². The molecule has 20 heavy (non-hydrogen) atoms. The van der Waals surface area contributed by atoms with E-state index in [0.29, 0.717) is 23.5 Å². The topological polar surface area (TPSA) is 84.9 Å². The lowest BCUT2D eigenvalue weighted by Gasteiger charge is -2.12. The molecule has 1 aromatic carbocycles. The zero-order chi connectivity index (χ0) is 14.1. The van der Waals surface area contributed by atoms with Crippen LogP contribution >= 0.6 is 0 Å². The molecular weight excluding hydrogens is 262 g/mol. The van der Waals surface area contributed by atoms with Gasteiger partial charge in [0.05, 0.1) is 5.92 Å². The molecule has 2 unspecified atom stereocenters. The van der Waals surface area contributed by atoms with Crippen LogP contribution in [0.15, 0.2) is 30.4 Å². The van der Waals surface area contributed by atoms with Crippen molar-refractivity contribution < 1.29 is 24.2 Å². The third-order valence-corrected chi connectivity index (χ3v) is 3.35. The van der Waals surface area contributed by atoms with Crippen LogP contribution in [-0.4, -0.2) is 29.8 Å². The molecule has 2 atom stereocenters. The van der Waals surface area contributed by atoms with Gasteiger partial charge in [0.25, 0.3) is 5.91 Å². The molecule has 0 saturated heterocycles. The van der Waals surface area contributed by atoms with E-state index in [0.717, 1.165) is 0 Å². The van der Waals surface area contributed by atoms with E-state index < -0.39 is 11.9 Å². The van der Waals surface area contributed by atoms with E-state index in [2.05, 4.69) is 5.32 Å². The number of carboxylic acid groups (broad SMARTS) is 1. The van der Waals surface area contributed by atoms with Gasteiger partial charge in [0, 0.05) is 11.6 Å². The summed E-state index contributed by atoms with van der Waals surface area (Å²) in [5.74, 6) is -0.501. The Hall–Kier alpha value is -2.50. The third-order valence-electron chi connectivity index (χ3n) is 3.35. The first-order valence-corrected chi connectivity index (χ1v) is 6.25. The highest BCUT2D eigenvalue weighted by Crippen LogP contribution is 2.32. The van der Waals surface area contributed by atoms with Crippen LogP contribution in [0.1, 0.15) is 16.8 Å². The van der Waals surface area contributed by atoms with Crippen LogP contribution in [-0.2, 0) is 4.79 Å². The molecule has 0 fully saturated rings. The van der Waals surface area contributed by atoms with Gasteiger partial charge < -0.3 is 19.9 Å². The Bertz CT molecular complexity index is 595. The molecule has 2 aliphatic rings. The summed E-state index contributed by atoms with van der Waals surface area (Å²) in [6, 6.07) is 4.69. The Morgan fingerprint density at radius 3 is 2.75 bits per heavy atom. The van der Waals surface area contributed by atoms with Gasteiger partial charge in [0.1, 0.15) is 0 Å². The first kappa shape index (κ1) is 12.5. The van der Waals surface area contributed by atoms with E-state index in [1.807, 2.05) is 0 Å². The molecule has 0 saturated carbocycles. The van der Waals surface area contributed by atoms with Gasteiger partial charge in [0.2, 0.25) is 6.79 Å². The van der Waals surface area contributed by atoms with Crippen LogP contribution in [0.25, 0.3) is 0 Å². The van der Waals surface area contributed by atoms with Gasteiger partial charge in [0.15, 0.2) is 11.5 Å². The Labute approximate surface area is 115 Å². The van der Waals surface area contributed by atoms with Crippen molar-refractivity contribution in [3.63, 3.8) is 0 Å². The van der Waals surface area contributed by atoms with Gasteiger partial charge in [-0.2, -0.15) is 0 Å². The van der Waals surface area contributed by atoms with Crippen LogP contribution < -0.4 is 14.8 Å². The number of amides is 1. The average Bonchev–Trinajstić information content (AvgIpc) is 3.05. The van der Waals surface area contributed by atoms with Gasteiger partial charge in [-0.05, 0) is 24.6 Å². The standard InChI is InChI=1S/C14H13NO5/c16-13(15-10-3-1-9(5-10)14(17)18)8-2-4-11-12(6-8)20-7-19-11/h1-4,6,9-10H,5,7H2,(H,15,16)(H,17,18). The van der Waals surface area contributed by atoms with Gasteiger partial charge >= 0.3 is 5.97 Å². The Balaban J connectivity index is 1.66. The maximum absolute atomic E-state index is 12.1. The first-order valence-electron chi connectivity index (χ1n) is 6.25. The Morgan fingerprint density at radius 1 is 1.20 bits per heavy atom. The van der Waals surface area contributed by atoms with E-state index in [1.165, 1.54) is 0 Å². The summed E-state index contributed by atoms with van der Waals surface area (Å²) in [5, 5.41) is 11.7. The van der Waals surface area contributed by atoms with Gasteiger partial charge in [-0.15, -0.1) is 0 Å². The van der Waals surface area contributed by atoms with Crippen molar-refractivity contribution in [2.45, 2.75) is 12.5 Å². The van der Waals surface area contributed by atoms with E-state index in [-0.39, 0.29) is 18.7 Å². The van der Waals surface area contributed by atoms with Crippen LogP contribution in [0.2, 0.25) is 0 Å². The number of carboxylic acids is 1. The molecule has 104 valence electrons. The summed E-state index contributed by atoms with van der Waals surface area (Å²) in [6.45, 7) is 0.159. The molecule has 0 spiro atoms. The van der Waals surface area contributed by atoms with Crippen molar-refractivity contribution in [1.29, 1.82) is 0 Å². The van der Waals surface area contributed by atoms with Crippen molar-refractivity contribution in [1.82, 2.24) is 5.32 Å². The fourth-order valence-corrected chi connectivity index (χ4v) is 2.28. The lowest BCUT2D eigenvalue weighted by atomic mass is 10.1. The number of nitrogens with one attached hydrogen (secondary N) is 1. The number of carbonyl (C=O) groups is 2. The van der Waals surface area contributed by atoms with E-state index in [9.17, 15) is 9.59 Å². The maximum atomic E-state index is 12.1. The van der Waals surface area contributed by atoms with Crippen molar-refractivity contribution in [3.05, 3.63) is 35.9 Å². The second-order valence-corrected chi connectivity index (χ2v) is 4.71. The predicted molar refractivity (Wildman–Crippen MR) is 68.7 cm³/mol. The molecule has 6 heteroatoms. The molecule has 2 N–H and O–H groups in total. The number of hydrogen-bond acceptors (Lipinski definition) is 4. The van der Waals surface area contributed by atoms with Crippen LogP contribution in [0.3, 0.4) is 0 Å². The predicted octanol–water partition coefficient (Wildman–Crippen LogP) is 1.17. The molecule has 3 rings (SSSR count). The summed E-state index contributed by atoms with van der Waals surface area (Å²) in [4.78, 5) is 22.9. The largest absolute Gasteiger partial charge is 0.481 e. The molecular formula is C14H13NO5. The highest BCUT2D eigenvalue weighted by Gasteiger charge is 2.26. The number of rotatable bonds is 3.